The van der Waals surface area contributed by atoms with Crippen molar-refractivity contribution in [1.82, 2.24) is 0 Å². The minimum atomic E-state index is 0.554. The van der Waals surface area contributed by atoms with E-state index in [4.69, 9.17) is 5.84 Å². The minimum absolute atomic E-state index is 0.554. The van der Waals surface area contributed by atoms with E-state index in [0.717, 1.165) is 15.7 Å². The Hall–Kier alpha value is -0.770. The molecule has 0 spiro atoms. The maximum atomic E-state index is 7.07. The maximum Gasteiger partial charge on any atom is 0.222 e. The van der Waals surface area contributed by atoms with E-state index in [-0.39, 0.29) is 0 Å². The fourth-order valence-corrected chi connectivity index (χ4v) is 0.988. The van der Waals surface area contributed by atoms with Crippen molar-refractivity contribution in [1.29, 1.82) is 0 Å². The first-order chi connectivity index (χ1) is 4.70. The summed E-state index contributed by atoms with van der Waals surface area (Å²) >= 11 is 3.24. The average Bonchev–Trinajstić information content (AvgIpc) is 1.88. The van der Waals surface area contributed by atoms with Crippen molar-refractivity contribution >= 4 is 27.3 Å². The van der Waals surface area contributed by atoms with Gasteiger partial charge in [-0.3, -0.25) is 0 Å². The molecule has 0 unspecified atom stereocenters. The number of nitrogens with zero attached hydrogens (tertiary/aromatic N) is 2. The van der Waals surface area contributed by atoms with Crippen LogP contribution in [-0.4, -0.2) is 16.0 Å². The molecule has 1 rings (SSSR count). The van der Waals surface area contributed by atoms with E-state index in [1.165, 1.54) is 0 Å². The van der Waals surface area contributed by atoms with Crippen molar-refractivity contribution in [3.05, 3.63) is 24.2 Å². The van der Waals surface area contributed by atoms with Gasteiger partial charge in [0, 0.05) is 0 Å². The maximum absolute atomic E-state index is 7.07. The molecule has 0 saturated heterocycles. The Bertz CT molecular complexity index is 207. The van der Waals surface area contributed by atoms with Crippen LogP contribution < -0.4 is 0 Å². The fraction of sp³-hybridized carbons (Fsp3) is 0.167. The van der Waals surface area contributed by atoms with Gasteiger partial charge in [0.1, 0.15) is 4.62 Å². The van der Waals surface area contributed by atoms with Crippen LogP contribution in [0.2, 0.25) is 0 Å². The summed E-state index contributed by atoms with van der Waals surface area (Å²) < 4.78 is 1.82. The number of allylic oxidation sites excluding steroid dienone is 1. The van der Waals surface area contributed by atoms with Gasteiger partial charge >= 0.3 is 0 Å². The summed E-state index contributed by atoms with van der Waals surface area (Å²) in [5.41, 5.74) is 0. The number of halogens is 1. The molecule has 0 saturated carbocycles. The minimum Gasteiger partial charge on any atom is -0.555 e. The molecule has 54 valence electrons. The van der Waals surface area contributed by atoms with Crippen molar-refractivity contribution in [2.45, 2.75) is 6.42 Å². The molecular weight excluding hydrogens is 194 g/mol. The van der Waals surface area contributed by atoms with E-state index in [0.29, 0.717) is 6.17 Å². The second-order valence-corrected chi connectivity index (χ2v) is 2.80. The lowest BCUT2D eigenvalue weighted by Crippen LogP contribution is -2.08. The third-order valence-electron chi connectivity index (χ3n) is 1.07. The molecule has 0 radical (unpaired) electrons. The Morgan fingerprint density at radius 1 is 1.90 bits per heavy atom. The summed E-state index contributed by atoms with van der Waals surface area (Å²) in [4.78, 5) is 4.02. The number of aliphatic imine (C=N–C) groups is 1. The van der Waals surface area contributed by atoms with Gasteiger partial charge in [-0.15, -0.1) is 11.1 Å². The molecule has 0 aromatic rings. The molecule has 0 atom stereocenters. The molecule has 0 amide bonds. The second-order valence-electron chi connectivity index (χ2n) is 1.88. The summed E-state index contributed by atoms with van der Waals surface area (Å²) in [5.74, 6) is 7.07. The van der Waals surface area contributed by atoms with E-state index in [1.807, 2.05) is 6.08 Å². The molecule has 0 aromatic heterocycles. The van der Waals surface area contributed by atoms with E-state index >= 15 is 0 Å². The number of nitrogens with one attached hydrogen (secondary N) is 1. The van der Waals surface area contributed by atoms with Crippen molar-refractivity contribution in [2.75, 3.05) is 0 Å². The Balaban J connectivity index is 2.70. The van der Waals surface area contributed by atoms with Gasteiger partial charge in [-0.2, -0.15) is 0 Å². The first kappa shape index (κ1) is 7.34. The quantitative estimate of drug-likeness (QED) is 0.269. The second kappa shape index (κ2) is 2.88. The van der Waals surface area contributed by atoms with Crippen LogP contribution in [0, 0.1) is 6.17 Å². The lowest BCUT2D eigenvalue weighted by Gasteiger charge is -2.16. The molecule has 0 aromatic carbocycles. The summed E-state index contributed by atoms with van der Waals surface area (Å²) in [5, 5.41) is 0. The lowest BCUT2D eigenvalue weighted by molar-refractivity contribution is -0.424. The number of dihydropyridines is 1. The zero-order valence-corrected chi connectivity index (χ0v) is 6.93. The SMILES string of the molecule is C=[N+]([NH-])[C-]1C=CCC(Br)=N1. The molecule has 1 aliphatic heterocycles. The highest BCUT2D eigenvalue weighted by atomic mass is 79.9. The van der Waals surface area contributed by atoms with Crippen LogP contribution in [0.25, 0.3) is 5.84 Å². The highest BCUT2D eigenvalue weighted by Crippen LogP contribution is 2.15. The van der Waals surface area contributed by atoms with Crippen molar-refractivity contribution < 1.29 is 4.68 Å². The normalized spacial score (nSPS) is 16.9. The zero-order chi connectivity index (χ0) is 7.56. The van der Waals surface area contributed by atoms with Crippen LogP contribution in [0.15, 0.2) is 17.1 Å². The van der Waals surface area contributed by atoms with Crippen LogP contribution in [0.4, 0.5) is 0 Å². The topological polar surface area (TPSA) is 39.2 Å². The standard InChI is InChI=1S/C6H7BrN3/c1-10(8)6-4-2-3-5(7)9-6/h2,4,8H,1,3H2/q-1. The molecule has 1 heterocycles. The monoisotopic (exact) mass is 200 g/mol. The van der Waals surface area contributed by atoms with Crippen LogP contribution in [-0.2, 0) is 0 Å². The van der Waals surface area contributed by atoms with Crippen LogP contribution in [0.3, 0.4) is 0 Å². The molecular formula is C6H7BrN3-. The smallest absolute Gasteiger partial charge is 0.222 e. The zero-order valence-electron chi connectivity index (χ0n) is 5.34. The Kier molecular flexibility index (Phi) is 2.11. The van der Waals surface area contributed by atoms with E-state index in [2.05, 4.69) is 27.6 Å². The predicted octanol–water partition coefficient (Wildman–Crippen LogP) is 1.91. The van der Waals surface area contributed by atoms with Gasteiger partial charge < -0.3 is 10.5 Å². The summed E-state index contributed by atoms with van der Waals surface area (Å²) in [7, 11) is 0. The molecule has 10 heavy (non-hydrogen) atoms. The lowest BCUT2D eigenvalue weighted by atomic mass is 10.3. The summed E-state index contributed by atoms with van der Waals surface area (Å²) in [6.07, 6.45) is 5.06. The predicted molar refractivity (Wildman–Crippen MR) is 45.1 cm³/mol. The van der Waals surface area contributed by atoms with Gasteiger partial charge in [-0.1, -0.05) is 22.0 Å². The molecule has 0 fully saturated rings. The molecule has 1 N–H and O–H groups in total. The van der Waals surface area contributed by atoms with E-state index < -0.39 is 0 Å². The van der Waals surface area contributed by atoms with E-state index in [1.54, 1.807) is 6.08 Å². The molecule has 4 heteroatoms. The third kappa shape index (κ3) is 1.60. The van der Waals surface area contributed by atoms with Gasteiger partial charge in [0.05, 0.1) is 0 Å². The first-order valence-electron chi connectivity index (χ1n) is 2.78. The summed E-state index contributed by atoms with van der Waals surface area (Å²) in [6, 6.07) is 0. The van der Waals surface area contributed by atoms with Crippen molar-refractivity contribution in [3.63, 3.8) is 0 Å². The molecule has 1 aliphatic rings. The van der Waals surface area contributed by atoms with Gasteiger partial charge in [0.2, 0.25) is 6.17 Å². The van der Waals surface area contributed by atoms with Crippen LogP contribution in [0.5, 0.6) is 0 Å². The number of hydrogen-bond donors (Lipinski definition) is 0. The van der Waals surface area contributed by atoms with E-state index in [9.17, 15) is 0 Å². The Morgan fingerprint density at radius 3 is 3.00 bits per heavy atom. The Morgan fingerprint density at radius 2 is 2.60 bits per heavy atom. The number of rotatable bonds is 1. The third-order valence-corrected chi connectivity index (χ3v) is 1.57. The van der Waals surface area contributed by atoms with Crippen molar-refractivity contribution in [2.24, 2.45) is 4.99 Å². The van der Waals surface area contributed by atoms with Gasteiger partial charge in [0.15, 0.2) is 0 Å². The fourth-order valence-electron chi connectivity index (χ4n) is 0.619. The molecule has 3 nitrogen and oxygen atoms in total. The van der Waals surface area contributed by atoms with Gasteiger partial charge in [0.25, 0.3) is 0 Å². The van der Waals surface area contributed by atoms with Gasteiger partial charge in [-0.25, -0.2) is 0 Å². The molecule has 0 aliphatic carbocycles. The average molecular weight is 201 g/mol. The van der Waals surface area contributed by atoms with Crippen LogP contribution >= 0.6 is 15.9 Å². The first-order valence-corrected chi connectivity index (χ1v) is 3.58. The number of hydrogen-bond acceptors (Lipinski definition) is 1. The highest BCUT2D eigenvalue weighted by Gasteiger charge is 2.07. The Labute approximate surface area is 68.0 Å². The molecule has 0 bridgehead atoms. The largest absolute Gasteiger partial charge is 0.555 e. The van der Waals surface area contributed by atoms with Crippen LogP contribution in [0.1, 0.15) is 6.42 Å². The van der Waals surface area contributed by atoms with Gasteiger partial charge in [-0.05, 0) is 13.1 Å². The summed E-state index contributed by atoms with van der Waals surface area (Å²) in [6.45, 7) is 3.38. The highest BCUT2D eigenvalue weighted by molar-refractivity contribution is 9.18. The van der Waals surface area contributed by atoms with Crippen molar-refractivity contribution in [3.8, 4) is 0 Å².